The van der Waals surface area contributed by atoms with E-state index in [1.54, 1.807) is 13.8 Å². The smallest absolute Gasteiger partial charge is 0.339 e. The van der Waals surface area contributed by atoms with Crippen molar-refractivity contribution in [1.82, 2.24) is 10.6 Å². The summed E-state index contributed by atoms with van der Waals surface area (Å²) in [6, 6.07) is 2.10. The van der Waals surface area contributed by atoms with Crippen LogP contribution in [0.15, 0.2) is 12.1 Å². The third-order valence-corrected chi connectivity index (χ3v) is 3.37. The zero-order valence-electron chi connectivity index (χ0n) is 15.1. The Bertz CT molecular complexity index is 685. The summed E-state index contributed by atoms with van der Waals surface area (Å²) >= 11 is 0. The van der Waals surface area contributed by atoms with Crippen molar-refractivity contribution in [2.75, 3.05) is 20.3 Å². The van der Waals surface area contributed by atoms with Crippen LogP contribution in [0.25, 0.3) is 0 Å². The molecule has 0 radical (unpaired) electrons. The highest BCUT2D eigenvalue weighted by Crippen LogP contribution is 2.40. The lowest BCUT2D eigenvalue weighted by Crippen LogP contribution is -2.46. The SMILES string of the molecule is COc1cc(C(=O)OC(C)C(=O)NC(=O)NC(C)C)cc2c1OCCO2. The fraction of sp³-hybridized carbons (Fsp3) is 0.471. The monoisotopic (exact) mass is 366 g/mol. The van der Waals surface area contributed by atoms with Gasteiger partial charge in [0.25, 0.3) is 5.91 Å². The van der Waals surface area contributed by atoms with E-state index < -0.39 is 24.0 Å². The number of ether oxygens (including phenoxy) is 4. The zero-order valence-corrected chi connectivity index (χ0v) is 15.1. The van der Waals surface area contributed by atoms with E-state index in [0.29, 0.717) is 30.5 Å². The molecular weight excluding hydrogens is 344 g/mol. The summed E-state index contributed by atoms with van der Waals surface area (Å²) in [5.74, 6) is -0.404. The fourth-order valence-corrected chi connectivity index (χ4v) is 2.18. The average molecular weight is 366 g/mol. The second kappa shape index (κ2) is 8.41. The Morgan fingerprint density at radius 2 is 1.81 bits per heavy atom. The Hall–Kier alpha value is -2.97. The molecule has 3 amide bonds. The van der Waals surface area contributed by atoms with Crippen LogP contribution in [0.5, 0.6) is 17.2 Å². The normalized spacial score (nSPS) is 13.6. The largest absolute Gasteiger partial charge is 0.493 e. The first-order chi connectivity index (χ1) is 12.3. The number of benzene rings is 1. The van der Waals surface area contributed by atoms with Gasteiger partial charge in [0.1, 0.15) is 13.2 Å². The lowest BCUT2D eigenvalue weighted by Gasteiger charge is -2.21. The molecule has 0 spiro atoms. The molecule has 0 saturated heterocycles. The molecule has 1 atom stereocenters. The summed E-state index contributed by atoms with van der Waals surface area (Å²) in [5, 5.41) is 4.61. The van der Waals surface area contributed by atoms with Gasteiger partial charge in [-0.1, -0.05) is 0 Å². The standard InChI is InChI=1S/C17H22N2O7/c1-9(2)18-17(22)19-15(20)10(3)26-16(21)11-7-12(23-4)14-13(8-11)24-5-6-25-14/h7-10H,5-6H2,1-4H3,(H2,18,19,20,22). The maximum atomic E-state index is 12.3. The minimum atomic E-state index is -1.17. The molecule has 1 aromatic rings. The summed E-state index contributed by atoms with van der Waals surface area (Å²) in [5.41, 5.74) is 0.136. The summed E-state index contributed by atoms with van der Waals surface area (Å²) in [6.07, 6.45) is -1.17. The van der Waals surface area contributed by atoms with Crippen LogP contribution in [0.3, 0.4) is 0 Å². The van der Waals surface area contributed by atoms with Crippen LogP contribution in [-0.2, 0) is 9.53 Å². The van der Waals surface area contributed by atoms with E-state index in [2.05, 4.69) is 10.6 Å². The Morgan fingerprint density at radius 3 is 2.46 bits per heavy atom. The number of methoxy groups -OCH3 is 1. The van der Waals surface area contributed by atoms with Crippen LogP contribution in [0.4, 0.5) is 4.79 Å². The lowest BCUT2D eigenvalue weighted by atomic mass is 10.1. The highest BCUT2D eigenvalue weighted by molar-refractivity contribution is 5.98. The highest BCUT2D eigenvalue weighted by atomic mass is 16.6. The van der Waals surface area contributed by atoms with Gasteiger partial charge in [-0.3, -0.25) is 10.1 Å². The molecule has 2 N–H and O–H groups in total. The summed E-state index contributed by atoms with van der Waals surface area (Å²) in [7, 11) is 1.44. The quantitative estimate of drug-likeness (QED) is 0.754. The van der Waals surface area contributed by atoms with Crippen molar-refractivity contribution in [3.05, 3.63) is 17.7 Å². The Labute approximate surface area is 150 Å². The Balaban J connectivity index is 2.05. The van der Waals surface area contributed by atoms with Crippen LogP contribution < -0.4 is 24.8 Å². The number of carbonyl (C=O) groups excluding carboxylic acids is 3. The molecule has 0 saturated carbocycles. The zero-order chi connectivity index (χ0) is 19.3. The third kappa shape index (κ3) is 4.78. The van der Waals surface area contributed by atoms with Crippen LogP contribution in [0.2, 0.25) is 0 Å². The minimum Gasteiger partial charge on any atom is -0.493 e. The van der Waals surface area contributed by atoms with Gasteiger partial charge in [-0.2, -0.15) is 0 Å². The number of fused-ring (bicyclic) bond motifs is 1. The molecule has 0 fully saturated rings. The number of nitrogens with one attached hydrogen (secondary N) is 2. The van der Waals surface area contributed by atoms with Gasteiger partial charge in [0.05, 0.1) is 12.7 Å². The van der Waals surface area contributed by atoms with E-state index in [-0.39, 0.29) is 11.6 Å². The minimum absolute atomic E-state index is 0.133. The molecule has 1 aromatic carbocycles. The van der Waals surface area contributed by atoms with Crippen molar-refractivity contribution in [3.63, 3.8) is 0 Å². The lowest BCUT2D eigenvalue weighted by molar-refractivity contribution is -0.127. The van der Waals surface area contributed by atoms with E-state index in [9.17, 15) is 14.4 Å². The molecule has 2 rings (SSSR count). The molecule has 1 aliphatic rings. The van der Waals surface area contributed by atoms with Crippen LogP contribution in [0.1, 0.15) is 31.1 Å². The second-order valence-electron chi connectivity index (χ2n) is 5.87. The first-order valence-corrected chi connectivity index (χ1v) is 8.11. The molecule has 0 aliphatic carbocycles. The van der Waals surface area contributed by atoms with E-state index in [1.165, 1.54) is 26.2 Å². The van der Waals surface area contributed by atoms with Crippen molar-refractivity contribution < 1.29 is 33.3 Å². The molecule has 9 nitrogen and oxygen atoms in total. The van der Waals surface area contributed by atoms with E-state index in [4.69, 9.17) is 18.9 Å². The molecule has 26 heavy (non-hydrogen) atoms. The Kier molecular flexibility index (Phi) is 6.26. The fourth-order valence-electron chi connectivity index (χ4n) is 2.18. The van der Waals surface area contributed by atoms with Gasteiger partial charge >= 0.3 is 12.0 Å². The molecule has 1 unspecified atom stereocenters. The van der Waals surface area contributed by atoms with Crippen molar-refractivity contribution >= 4 is 17.9 Å². The Morgan fingerprint density at radius 1 is 1.12 bits per heavy atom. The van der Waals surface area contributed by atoms with Gasteiger partial charge in [-0.05, 0) is 32.9 Å². The predicted octanol–water partition coefficient (Wildman–Crippen LogP) is 1.25. The molecule has 0 bridgehead atoms. The van der Waals surface area contributed by atoms with Gasteiger partial charge in [0, 0.05) is 6.04 Å². The first kappa shape index (κ1) is 19.4. The molecule has 0 aromatic heterocycles. The number of rotatable bonds is 5. The van der Waals surface area contributed by atoms with Gasteiger partial charge in [0.15, 0.2) is 17.6 Å². The van der Waals surface area contributed by atoms with Crippen molar-refractivity contribution in [2.24, 2.45) is 0 Å². The number of esters is 1. The second-order valence-corrected chi connectivity index (χ2v) is 5.87. The van der Waals surface area contributed by atoms with E-state index in [0.717, 1.165) is 0 Å². The molecule has 9 heteroatoms. The predicted molar refractivity (Wildman–Crippen MR) is 90.7 cm³/mol. The van der Waals surface area contributed by atoms with E-state index >= 15 is 0 Å². The maximum Gasteiger partial charge on any atom is 0.339 e. The number of carbonyl (C=O) groups is 3. The summed E-state index contributed by atoms with van der Waals surface area (Å²) in [6.45, 7) is 5.60. The molecular formula is C17H22N2O7. The molecule has 142 valence electrons. The number of amides is 3. The molecule has 1 aliphatic heterocycles. The first-order valence-electron chi connectivity index (χ1n) is 8.11. The van der Waals surface area contributed by atoms with Crippen molar-refractivity contribution in [3.8, 4) is 17.2 Å². The van der Waals surface area contributed by atoms with Crippen molar-refractivity contribution in [2.45, 2.75) is 32.9 Å². The van der Waals surface area contributed by atoms with Gasteiger partial charge in [-0.25, -0.2) is 9.59 Å². The average Bonchev–Trinajstić information content (AvgIpc) is 2.59. The van der Waals surface area contributed by atoms with Gasteiger partial charge in [-0.15, -0.1) is 0 Å². The molecule has 1 heterocycles. The van der Waals surface area contributed by atoms with Crippen LogP contribution in [0, 0.1) is 0 Å². The van der Waals surface area contributed by atoms with Crippen LogP contribution >= 0.6 is 0 Å². The number of hydrogen-bond donors (Lipinski definition) is 2. The number of urea groups is 1. The topological polar surface area (TPSA) is 112 Å². The van der Waals surface area contributed by atoms with Gasteiger partial charge in [0.2, 0.25) is 5.75 Å². The van der Waals surface area contributed by atoms with Gasteiger partial charge < -0.3 is 24.3 Å². The highest BCUT2D eigenvalue weighted by Gasteiger charge is 2.25. The van der Waals surface area contributed by atoms with E-state index in [1.807, 2.05) is 0 Å². The summed E-state index contributed by atoms with van der Waals surface area (Å²) < 4.78 is 21.2. The van der Waals surface area contributed by atoms with Crippen molar-refractivity contribution in [1.29, 1.82) is 0 Å². The third-order valence-electron chi connectivity index (χ3n) is 3.37. The number of hydrogen-bond acceptors (Lipinski definition) is 7. The summed E-state index contributed by atoms with van der Waals surface area (Å²) in [4.78, 5) is 35.8. The maximum absolute atomic E-state index is 12.3. The number of imide groups is 1. The van der Waals surface area contributed by atoms with Crippen LogP contribution in [-0.4, -0.2) is 50.4 Å².